The monoisotopic (exact) mass is 515 g/mol. The van der Waals surface area contributed by atoms with E-state index in [1.54, 1.807) is 25.3 Å². The minimum absolute atomic E-state index is 0.175. The highest BCUT2D eigenvalue weighted by Crippen LogP contribution is 2.61. The third-order valence-electron chi connectivity index (χ3n) is 8.94. The predicted molar refractivity (Wildman–Crippen MR) is 132 cm³/mol. The molecule has 0 amide bonds. The number of ether oxygens (including phenoxy) is 4. The number of H-pyrrole nitrogens is 1. The topological polar surface area (TPSA) is 127 Å². The number of aromatic nitrogens is 1. The molecule has 0 radical (unpaired) electrons. The first-order valence-electron chi connectivity index (χ1n) is 13.1. The van der Waals surface area contributed by atoms with Crippen molar-refractivity contribution >= 4 is 11.9 Å². The molecule has 1 saturated heterocycles. The number of aromatic amines is 1. The maximum absolute atomic E-state index is 13.1. The minimum atomic E-state index is -0.933. The number of methoxy groups -OCH3 is 1. The number of aliphatic hydroxyl groups is 2. The van der Waals surface area contributed by atoms with Gasteiger partial charge >= 0.3 is 11.9 Å². The average Bonchev–Trinajstić information content (AvgIpc) is 3.46. The van der Waals surface area contributed by atoms with E-state index in [-0.39, 0.29) is 36.0 Å². The molecule has 12 atom stereocenters. The Bertz CT molecular complexity index is 1080. The standard InChI is InChI=1S/C28H37NO8/c1-13-11-14(2)28-17(12-20(34-5)27(33)35-23(13)16(4)30)8-9-18-21(28)22(31)15(3)24(25(18)37-28)36-26(32)19-7-6-10-29-19/h6-11,13,15-18,20-25,29-31H,12H2,1-5H3/b14-11+/t13-,15-,16?,17-,18?,20-,21?,22-,23?,24-,25-,28+/m1/s1. The van der Waals surface area contributed by atoms with Crippen LogP contribution in [0.15, 0.2) is 42.1 Å². The lowest BCUT2D eigenvalue weighted by molar-refractivity contribution is -0.172. The summed E-state index contributed by atoms with van der Waals surface area (Å²) in [4.78, 5) is 28.8. The van der Waals surface area contributed by atoms with Gasteiger partial charge in [-0.25, -0.2) is 9.59 Å². The van der Waals surface area contributed by atoms with Gasteiger partial charge in [-0.2, -0.15) is 0 Å². The number of aliphatic hydroxyl groups excluding tert-OH is 2. The van der Waals surface area contributed by atoms with Gasteiger partial charge in [-0.3, -0.25) is 0 Å². The van der Waals surface area contributed by atoms with E-state index in [9.17, 15) is 19.8 Å². The van der Waals surface area contributed by atoms with Gasteiger partial charge in [0.25, 0.3) is 0 Å². The second-order valence-electron chi connectivity index (χ2n) is 11.1. The smallest absolute Gasteiger partial charge is 0.355 e. The number of nitrogens with one attached hydrogen (secondary N) is 1. The van der Waals surface area contributed by atoms with Crippen molar-refractivity contribution in [2.45, 2.75) is 76.3 Å². The Morgan fingerprint density at radius 2 is 2.05 bits per heavy atom. The number of carbonyl (C=O) groups excluding carboxylic acids is 2. The third kappa shape index (κ3) is 4.07. The van der Waals surface area contributed by atoms with Crippen molar-refractivity contribution in [1.29, 1.82) is 0 Å². The molecule has 1 spiro atoms. The molecule has 1 aromatic heterocycles. The van der Waals surface area contributed by atoms with E-state index in [1.165, 1.54) is 7.11 Å². The Balaban J connectivity index is 1.58. The van der Waals surface area contributed by atoms with E-state index < -0.39 is 54.2 Å². The summed E-state index contributed by atoms with van der Waals surface area (Å²) in [6.45, 7) is 7.35. The number of rotatable bonds is 4. The molecule has 2 aliphatic carbocycles. The normalized spacial score (nSPS) is 45.3. The molecule has 3 heterocycles. The fourth-order valence-electron chi connectivity index (χ4n) is 7.14. The zero-order valence-electron chi connectivity index (χ0n) is 21.9. The number of hydrogen-bond acceptors (Lipinski definition) is 8. The van der Waals surface area contributed by atoms with Gasteiger partial charge in [0.15, 0.2) is 6.10 Å². The van der Waals surface area contributed by atoms with Crippen LogP contribution in [0, 0.1) is 29.6 Å². The van der Waals surface area contributed by atoms with Gasteiger partial charge in [0, 0.05) is 42.9 Å². The van der Waals surface area contributed by atoms with E-state index in [0.717, 1.165) is 5.57 Å². The van der Waals surface area contributed by atoms with Crippen molar-refractivity contribution in [2.75, 3.05) is 7.11 Å². The zero-order chi connectivity index (χ0) is 26.6. The summed E-state index contributed by atoms with van der Waals surface area (Å²) in [7, 11) is 1.46. The van der Waals surface area contributed by atoms with Gasteiger partial charge < -0.3 is 34.1 Å². The fraction of sp³-hybridized carbons (Fsp3) is 0.643. The molecule has 2 fully saturated rings. The van der Waals surface area contributed by atoms with Crippen LogP contribution in [0.4, 0.5) is 0 Å². The first kappa shape index (κ1) is 26.2. The second kappa shape index (κ2) is 9.69. The lowest BCUT2D eigenvalue weighted by Gasteiger charge is -2.48. The summed E-state index contributed by atoms with van der Waals surface area (Å²) >= 11 is 0. The Kier molecular flexibility index (Phi) is 6.85. The summed E-state index contributed by atoms with van der Waals surface area (Å²) in [5.74, 6) is -2.49. The Labute approximate surface area is 216 Å². The number of carbonyl (C=O) groups is 2. The highest BCUT2D eigenvalue weighted by Gasteiger charge is 2.69. The van der Waals surface area contributed by atoms with Crippen LogP contribution in [0.25, 0.3) is 0 Å². The Morgan fingerprint density at radius 3 is 2.70 bits per heavy atom. The zero-order valence-corrected chi connectivity index (χ0v) is 21.9. The van der Waals surface area contributed by atoms with Gasteiger partial charge in [0.2, 0.25) is 0 Å². The highest BCUT2D eigenvalue weighted by molar-refractivity contribution is 5.87. The quantitative estimate of drug-likeness (QED) is 0.412. The molecule has 0 aromatic carbocycles. The minimum Gasteiger partial charge on any atom is -0.457 e. The van der Waals surface area contributed by atoms with E-state index in [4.69, 9.17) is 18.9 Å². The number of esters is 2. The van der Waals surface area contributed by atoms with Crippen LogP contribution in [0.2, 0.25) is 0 Å². The largest absolute Gasteiger partial charge is 0.457 e. The van der Waals surface area contributed by atoms with Crippen LogP contribution in [0.3, 0.4) is 0 Å². The van der Waals surface area contributed by atoms with Crippen molar-refractivity contribution in [3.8, 4) is 0 Å². The summed E-state index contributed by atoms with van der Waals surface area (Å²) in [5.41, 5.74) is 0.301. The van der Waals surface area contributed by atoms with E-state index in [0.29, 0.717) is 5.69 Å². The van der Waals surface area contributed by atoms with Crippen LogP contribution in [-0.4, -0.2) is 76.5 Å². The average molecular weight is 516 g/mol. The third-order valence-corrected chi connectivity index (χ3v) is 8.94. The first-order chi connectivity index (χ1) is 17.6. The molecule has 9 heteroatoms. The maximum atomic E-state index is 13.1. The molecular weight excluding hydrogens is 478 g/mol. The molecule has 1 aromatic rings. The molecule has 2 aliphatic heterocycles. The van der Waals surface area contributed by atoms with Gasteiger partial charge in [0.1, 0.15) is 29.6 Å². The molecule has 1 saturated carbocycles. The maximum Gasteiger partial charge on any atom is 0.355 e. The van der Waals surface area contributed by atoms with Crippen LogP contribution in [0.5, 0.6) is 0 Å². The Morgan fingerprint density at radius 1 is 1.30 bits per heavy atom. The SMILES string of the molecule is CO[C@@H]1C[C@H]2C=CC3C4[C@H](O)[C@@H](C)[C@@H](OC(=O)c5ccc[nH]5)[C@@H]3O[C@]42/C(C)=C/[C@@H](C)C(C(C)O)OC1=O. The van der Waals surface area contributed by atoms with Gasteiger partial charge in [0.05, 0.1) is 12.2 Å². The molecule has 37 heavy (non-hydrogen) atoms. The summed E-state index contributed by atoms with van der Waals surface area (Å²) in [6, 6.07) is 3.37. The van der Waals surface area contributed by atoms with E-state index >= 15 is 0 Å². The lowest BCUT2D eigenvalue weighted by Crippen LogP contribution is -2.57. The van der Waals surface area contributed by atoms with Crippen LogP contribution >= 0.6 is 0 Å². The van der Waals surface area contributed by atoms with E-state index in [2.05, 4.69) is 4.98 Å². The molecule has 9 nitrogen and oxygen atoms in total. The van der Waals surface area contributed by atoms with Crippen molar-refractivity contribution in [3.63, 3.8) is 0 Å². The summed E-state index contributed by atoms with van der Waals surface area (Å²) < 4.78 is 24.2. The number of cyclic esters (lactones) is 1. The molecular formula is C28H37NO8. The van der Waals surface area contributed by atoms with Gasteiger partial charge in [-0.05, 0) is 38.0 Å². The first-order valence-corrected chi connectivity index (χ1v) is 13.1. The van der Waals surface area contributed by atoms with Crippen molar-refractivity contribution in [1.82, 2.24) is 4.98 Å². The van der Waals surface area contributed by atoms with Crippen LogP contribution < -0.4 is 0 Å². The molecule has 5 rings (SSSR count). The number of hydrogen-bond donors (Lipinski definition) is 3. The summed E-state index contributed by atoms with van der Waals surface area (Å²) in [5, 5.41) is 22.1. The van der Waals surface area contributed by atoms with E-state index in [1.807, 2.05) is 39.0 Å². The highest BCUT2D eigenvalue weighted by atomic mass is 16.6. The molecule has 4 bridgehead atoms. The van der Waals surface area contributed by atoms with Gasteiger partial charge in [-0.15, -0.1) is 0 Å². The predicted octanol–water partition coefficient (Wildman–Crippen LogP) is 2.40. The molecule has 3 N–H and O–H groups in total. The van der Waals surface area contributed by atoms with Crippen molar-refractivity contribution in [2.24, 2.45) is 29.6 Å². The lowest BCUT2D eigenvalue weighted by atomic mass is 9.57. The van der Waals surface area contributed by atoms with Crippen LogP contribution in [0.1, 0.15) is 44.6 Å². The van der Waals surface area contributed by atoms with Crippen molar-refractivity contribution < 1.29 is 38.7 Å². The second-order valence-corrected chi connectivity index (χ2v) is 11.1. The van der Waals surface area contributed by atoms with Crippen molar-refractivity contribution in [3.05, 3.63) is 47.8 Å². The fourth-order valence-corrected chi connectivity index (χ4v) is 7.14. The van der Waals surface area contributed by atoms with Crippen LogP contribution in [-0.2, 0) is 23.7 Å². The molecule has 202 valence electrons. The molecule has 4 unspecified atom stereocenters. The summed E-state index contributed by atoms with van der Waals surface area (Å²) in [6.07, 6.45) is 3.53. The van der Waals surface area contributed by atoms with Gasteiger partial charge in [-0.1, -0.05) is 32.1 Å². The molecule has 4 aliphatic rings. The Hall–Kier alpha value is -2.46.